The molecule has 0 unspecified atom stereocenters. The summed E-state index contributed by atoms with van der Waals surface area (Å²) in [6.07, 6.45) is 1.81. The number of piperazine rings is 1. The summed E-state index contributed by atoms with van der Waals surface area (Å²) < 4.78 is 0. The van der Waals surface area contributed by atoms with E-state index in [9.17, 15) is 4.79 Å². The maximum Gasteiger partial charge on any atom is 0.233 e. The van der Waals surface area contributed by atoms with Gasteiger partial charge in [0.1, 0.15) is 0 Å². The maximum absolute atomic E-state index is 13.7. The molecule has 3 aromatic rings. The van der Waals surface area contributed by atoms with Crippen LogP contribution < -0.4 is 4.90 Å². The Labute approximate surface area is 203 Å². The first-order chi connectivity index (χ1) is 15.5. The van der Waals surface area contributed by atoms with Crippen LogP contribution in [-0.2, 0) is 10.2 Å². The number of benzene rings is 3. The molecule has 1 aliphatic heterocycles. The minimum atomic E-state index is -0.369. The smallest absolute Gasteiger partial charge is 0.233 e. The average molecular weight is 486 g/mol. The van der Waals surface area contributed by atoms with Crippen LogP contribution in [-0.4, -0.2) is 30.4 Å². The molecule has 1 heterocycles. The Kier molecular flexibility index (Phi) is 5.83. The van der Waals surface area contributed by atoms with Crippen molar-refractivity contribution in [3.63, 3.8) is 0 Å². The Bertz CT molecular complexity index is 1130. The normalized spacial score (nSPS) is 19.7. The van der Waals surface area contributed by atoms with E-state index in [2.05, 4.69) is 17.0 Å². The summed E-state index contributed by atoms with van der Waals surface area (Å²) in [6.45, 7) is 1.93. The van der Waals surface area contributed by atoms with Gasteiger partial charge in [-0.15, -0.1) is 0 Å². The van der Waals surface area contributed by atoms with E-state index in [1.54, 1.807) is 6.07 Å². The number of nitrogens with zero attached hydrogens (tertiary/aromatic N) is 2. The Morgan fingerprint density at radius 3 is 2.19 bits per heavy atom. The molecule has 0 bridgehead atoms. The number of hydrogen-bond donors (Lipinski definition) is 0. The second kappa shape index (κ2) is 8.62. The van der Waals surface area contributed by atoms with Gasteiger partial charge in [0, 0.05) is 29.7 Å². The van der Waals surface area contributed by atoms with Crippen LogP contribution in [0, 0.1) is 0 Å². The fraction of sp³-hybridized carbons (Fsp3) is 0.269. The van der Waals surface area contributed by atoms with Crippen molar-refractivity contribution in [2.45, 2.75) is 24.3 Å². The number of hydrogen-bond acceptors (Lipinski definition) is 2. The highest BCUT2D eigenvalue weighted by molar-refractivity contribution is 6.36. The lowest BCUT2D eigenvalue weighted by molar-refractivity contribution is -0.134. The molecule has 5 rings (SSSR count). The molecule has 6 heteroatoms. The molecule has 2 fully saturated rings. The molecule has 3 nitrogen and oxygen atoms in total. The fourth-order valence-electron chi connectivity index (χ4n) is 4.75. The van der Waals surface area contributed by atoms with Crippen molar-refractivity contribution in [1.29, 1.82) is 0 Å². The van der Waals surface area contributed by atoms with Crippen LogP contribution in [0.2, 0.25) is 15.1 Å². The third-order valence-corrected chi connectivity index (χ3v) is 7.42. The minimum Gasteiger partial charge on any atom is -0.360 e. The van der Waals surface area contributed by atoms with Gasteiger partial charge in [-0.2, -0.15) is 0 Å². The van der Waals surface area contributed by atoms with Crippen LogP contribution in [0.15, 0.2) is 72.8 Å². The molecule has 1 atom stereocenters. The van der Waals surface area contributed by atoms with E-state index in [1.165, 1.54) is 0 Å². The van der Waals surface area contributed by atoms with E-state index in [1.807, 2.05) is 59.5 Å². The summed E-state index contributed by atoms with van der Waals surface area (Å²) in [7, 11) is 0. The Morgan fingerprint density at radius 2 is 1.53 bits per heavy atom. The molecule has 0 N–H and O–H groups in total. The molecule has 1 amide bonds. The second-order valence-corrected chi connectivity index (χ2v) is 9.84. The van der Waals surface area contributed by atoms with Gasteiger partial charge in [-0.05, 0) is 54.3 Å². The Hall–Kier alpha value is -2.20. The topological polar surface area (TPSA) is 23.6 Å². The largest absolute Gasteiger partial charge is 0.360 e. The Balaban J connectivity index is 1.47. The van der Waals surface area contributed by atoms with Gasteiger partial charge >= 0.3 is 0 Å². The average Bonchev–Trinajstić information content (AvgIpc) is 3.62. The summed E-state index contributed by atoms with van der Waals surface area (Å²) in [5.41, 5.74) is 2.78. The van der Waals surface area contributed by atoms with Crippen LogP contribution in [0.5, 0.6) is 0 Å². The summed E-state index contributed by atoms with van der Waals surface area (Å²) in [5, 5.41) is 1.91. The standard InChI is InChI=1S/C26H23Cl3N2O/c27-20-8-6-18(7-9-20)24-17-30(14-15-31(24)23-11-10-21(28)16-22(23)29)25(32)26(12-13-26)19-4-2-1-3-5-19/h1-11,16,24H,12-15,17H2/t24-/m0/s1. The molecular weight excluding hydrogens is 463 g/mol. The molecule has 1 saturated heterocycles. The number of anilines is 1. The van der Waals surface area contributed by atoms with Crippen molar-refractivity contribution in [3.8, 4) is 0 Å². The van der Waals surface area contributed by atoms with Crippen LogP contribution in [0.4, 0.5) is 5.69 Å². The quantitative estimate of drug-likeness (QED) is 0.407. The molecular formula is C26H23Cl3N2O. The van der Waals surface area contributed by atoms with E-state index < -0.39 is 0 Å². The zero-order valence-electron chi connectivity index (χ0n) is 17.5. The lowest BCUT2D eigenvalue weighted by Gasteiger charge is -2.44. The molecule has 0 aromatic heterocycles. The molecule has 3 aromatic carbocycles. The predicted octanol–water partition coefficient (Wildman–Crippen LogP) is 6.77. The van der Waals surface area contributed by atoms with Crippen molar-refractivity contribution in [2.75, 3.05) is 24.5 Å². The summed E-state index contributed by atoms with van der Waals surface area (Å²) in [6, 6.07) is 23.6. The molecule has 164 valence electrons. The van der Waals surface area contributed by atoms with Crippen molar-refractivity contribution in [2.24, 2.45) is 0 Å². The van der Waals surface area contributed by atoms with Crippen LogP contribution >= 0.6 is 34.8 Å². The van der Waals surface area contributed by atoms with Crippen molar-refractivity contribution < 1.29 is 4.79 Å². The van der Waals surface area contributed by atoms with Crippen molar-refractivity contribution in [1.82, 2.24) is 4.90 Å². The first kappa shape index (κ1) is 21.6. The van der Waals surface area contributed by atoms with Crippen LogP contribution in [0.3, 0.4) is 0 Å². The van der Waals surface area contributed by atoms with E-state index in [-0.39, 0.29) is 17.4 Å². The zero-order chi connectivity index (χ0) is 22.3. The monoisotopic (exact) mass is 484 g/mol. The van der Waals surface area contributed by atoms with Gasteiger partial charge in [-0.25, -0.2) is 0 Å². The second-order valence-electron chi connectivity index (χ2n) is 8.56. The SMILES string of the molecule is O=C(N1CCN(c2ccc(Cl)cc2Cl)[C@H](c2ccc(Cl)cc2)C1)C1(c2ccccc2)CC1. The van der Waals surface area contributed by atoms with Gasteiger partial charge < -0.3 is 9.80 Å². The van der Waals surface area contributed by atoms with Crippen LogP contribution in [0.1, 0.15) is 30.0 Å². The third kappa shape index (κ3) is 3.98. The molecule has 32 heavy (non-hydrogen) atoms. The summed E-state index contributed by atoms with van der Waals surface area (Å²) in [5.74, 6) is 0.226. The Morgan fingerprint density at radius 1 is 0.844 bits per heavy atom. The highest BCUT2D eigenvalue weighted by Gasteiger charge is 2.53. The number of carbonyl (C=O) groups is 1. The molecule has 1 aliphatic carbocycles. The van der Waals surface area contributed by atoms with Crippen molar-refractivity contribution >= 4 is 46.4 Å². The zero-order valence-corrected chi connectivity index (χ0v) is 19.7. The number of amides is 1. The molecule has 1 saturated carbocycles. The fourth-order valence-corrected chi connectivity index (χ4v) is 5.39. The maximum atomic E-state index is 13.7. The van der Waals surface area contributed by atoms with E-state index in [4.69, 9.17) is 34.8 Å². The van der Waals surface area contributed by atoms with Gasteiger partial charge in [-0.3, -0.25) is 4.79 Å². The van der Waals surface area contributed by atoms with E-state index in [0.717, 1.165) is 29.7 Å². The van der Waals surface area contributed by atoms with Gasteiger partial charge in [0.2, 0.25) is 5.91 Å². The van der Waals surface area contributed by atoms with Crippen LogP contribution in [0.25, 0.3) is 0 Å². The lowest BCUT2D eigenvalue weighted by Crippen LogP contribution is -2.53. The number of carbonyl (C=O) groups excluding carboxylic acids is 1. The summed E-state index contributed by atoms with van der Waals surface area (Å²) in [4.78, 5) is 18.0. The highest BCUT2D eigenvalue weighted by Crippen LogP contribution is 2.50. The van der Waals surface area contributed by atoms with Gasteiger partial charge in [0.05, 0.1) is 22.2 Å². The van der Waals surface area contributed by atoms with Crippen molar-refractivity contribution in [3.05, 3.63) is 99.0 Å². The van der Waals surface area contributed by atoms with E-state index >= 15 is 0 Å². The van der Waals surface area contributed by atoms with Gasteiger partial charge in [-0.1, -0.05) is 77.3 Å². The molecule has 0 radical (unpaired) electrons. The summed E-state index contributed by atoms with van der Waals surface area (Å²) >= 11 is 18.9. The number of rotatable bonds is 4. The van der Waals surface area contributed by atoms with Gasteiger partial charge in [0.15, 0.2) is 0 Å². The first-order valence-electron chi connectivity index (χ1n) is 10.8. The third-order valence-electron chi connectivity index (χ3n) is 6.63. The molecule has 2 aliphatic rings. The highest BCUT2D eigenvalue weighted by atomic mass is 35.5. The lowest BCUT2D eigenvalue weighted by atomic mass is 9.93. The number of halogens is 3. The van der Waals surface area contributed by atoms with E-state index in [0.29, 0.717) is 34.7 Å². The molecule has 0 spiro atoms. The van der Waals surface area contributed by atoms with Gasteiger partial charge in [0.25, 0.3) is 0 Å². The predicted molar refractivity (Wildman–Crippen MR) is 132 cm³/mol. The first-order valence-corrected chi connectivity index (χ1v) is 11.9. The minimum absolute atomic E-state index is 0.0322.